The van der Waals surface area contributed by atoms with Gasteiger partial charge >= 0.3 is 6.09 Å². The summed E-state index contributed by atoms with van der Waals surface area (Å²) in [6.07, 6.45) is 1.13. The zero-order chi connectivity index (χ0) is 23.4. The summed E-state index contributed by atoms with van der Waals surface area (Å²) in [6, 6.07) is 5.48. The average molecular weight is 441 g/mol. The second-order valence-electron chi connectivity index (χ2n) is 7.36. The maximum Gasteiger partial charge on any atom is 0.415 e. The summed E-state index contributed by atoms with van der Waals surface area (Å²) in [5, 5.41) is 10.7. The van der Waals surface area contributed by atoms with E-state index in [0.717, 1.165) is 5.56 Å². The van der Waals surface area contributed by atoms with Gasteiger partial charge in [0.2, 0.25) is 5.95 Å². The number of aromatic amines is 1. The molecule has 1 N–H and O–H groups in total. The first-order chi connectivity index (χ1) is 15.2. The molecule has 32 heavy (non-hydrogen) atoms. The van der Waals surface area contributed by atoms with E-state index in [1.54, 1.807) is 45.0 Å². The molecule has 1 aromatic heterocycles. The molecule has 1 aliphatic rings. The lowest BCUT2D eigenvalue weighted by atomic mass is 10.1. The van der Waals surface area contributed by atoms with Crippen LogP contribution in [0.5, 0.6) is 0 Å². The molecule has 0 radical (unpaired) electrons. The van der Waals surface area contributed by atoms with E-state index in [2.05, 4.69) is 20.0 Å². The Balaban J connectivity index is 1.77. The fraction of sp³-hybridized carbons (Fsp3) is 0.350. The molecular weight excluding hydrogens is 418 g/mol. The third kappa shape index (κ3) is 4.96. The number of benzene rings is 1. The summed E-state index contributed by atoms with van der Waals surface area (Å²) in [6.45, 7) is 3.50. The van der Waals surface area contributed by atoms with Crippen LogP contribution in [0.15, 0.2) is 39.0 Å². The van der Waals surface area contributed by atoms with Crippen LogP contribution in [0, 0.1) is 10.1 Å². The van der Waals surface area contributed by atoms with E-state index in [-0.39, 0.29) is 29.7 Å². The highest BCUT2D eigenvalue weighted by Crippen LogP contribution is 2.31. The van der Waals surface area contributed by atoms with Gasteiger partial charge in [-0.1, -0.05) is 12.1 Å². The van der Waals surface area contributed by atoms with Gasteiger partial charge in [0.25, 0.3) is 11.2 Å². The van der Waals surface area contributed by atoms with Crippen molar-refractivity contribution in [2.45, 2.75) is 26.3 Å². The SMILES string of the molecule is CC1=Nc2nc(/N=C/N(C)C)[nH]c(=O)c2N(C(=O)OCCc2ccc([N+](=O)[O-])cc2)C1C. The predicted molar refractivity (Wildman–Crippen MR) is 120 cm³/mol. The second-order valence-corrected chi connectivity index (χ2v) is 7.36. The fourth-order valence-corrected chi connectivity index (χ4v) is 2.97. The number of nitro groups is 1. The van der Waals surface area contributed by atoms with Gasteiger partial charge in [-0.2, -0.15) is 4.98 Å². The molecule has 1 aliphatic heterocycles. The molecule has 1 aromatic carbocycles. The molecule has 0 spiro atoms. The quantitative estimate of drug-likeness (QED) is 0.314. The van der Waals surface area contributed by atoms with Crippen molar-refractivity contribution >= 4 is 41.3 Å². The molecule has 1 unspecified atom stereocenters. The Bertz CT molecular complexity index is 1140. The lowest BCUT2D eigenvalue weighted by molar-refractivity contribution is -0.384. The zero-order valence-electron chi connectivity index (χ0n) is 18.1. The van der Waals surface area contributed by atoms with Crippen molar-refractivity contribution in [1.29, 1.82) is 0 Å². The van der Waals surface area contributed by atoms with Gasteiger partial charge in [-0.15, -0.1) is 0 Å². The first-order valence-electron chi connectivity index (χ1n) is 9.77. The molecule has 0 bridgehead atoms. The molecular formula is C20H23N7O5. The number of H-pyrrole nitrogens is 1. The number of nitro benzene ring substituents is 1. The number of aromatic nitrogens is 2. The molecule has 168 valence electrons. The summed E-state index contributed by atoms with van der Waals surface area (Å²) < 4.78 is 5.38. The maximum atomic E-state index is 12.8. The van der Waals surface area contributed by atoms with Crippen molar-refractivity contribution < 1.29 is 14.5 Å². The molecule has 0 aliphatic carbocycles. The molecule has 0 saturated heterocycles. The number of hydrogen-bond acceptors (Lipinski definition) is 8. The highest BCUT2D eigenvalue weighted by atomic mass is 16.6. The van der Waals surface area contributed by atoms with Gasteiger partial charge in [-0.3, -0.25) is 24.8 Å². The van der Waals surface area contributed by atoms with Crippen molar-refractivity contribution in [3.05, 3.63) is 50.3 Å². The number of nitrogens with zero attached hydrogens (tertiary/aromatic N) is 6. The van der Waals surface area contributed by atoms with Gasteiger partial charge in [-0.05, 0) is 19.4 Å². The highest BCUT2D eigenvalue weighted by molar-refractivity contribution is 6.05. The lowest BCUT2D eigenvalue weighted by Gasteiger charge is -2.31. The van der Waals surface area contributed by atoms with E-state index in [1.807, 2.05) is 0 Å². The summed E-state index contributed by atoms with van der Waals surface area (Å²) in [4.78, 5) is 53.9. The van der Waals surface area contributed by atoms with Crippen LogP contribution in [0.3, 0.4) is 0 Å². The number of nitrogens with one attached hydrogen (secondary N) is 1. The molecule has 0 saturated carbocycles. The number of carbonyl (C=O) groups excluding carboxylic acids is 1. The molecule has 12 heteroatoms. The summed E-state index contributed by atoms with van der Waals surface area (Å²) in [5.41, 5.74) is 0.783. The van der Waals surface area contributed by atoms with E-state index >= 15 is 0 Å². The first kappa shape index (κ1) is 22.6. The summed E-state index contributed by atoms with van der Waals surface area (Å²) >= 11 is 0. The number of carbonyl (C=O) groups is 1. The fourth-order valence-electron chi connectivity index (χ4n) is 2.97. The molecule has 12 nitrogen and oxygen atoms in total. The van der Waals surface area contributed by atoms with Gasteiger partial charge in [0.05, 0.1) is 23.9 Å². The minimum Gasteiger partial charge on any atom is -0.449 e. The van der Waals surface area contributed by atoms with Crippen LogP contribution in [0.1, 0.15) is 19.4 Å². The number of amides is 1. The van der Waals surface area contributed by atoms with Crippen LogP contribution in [0.2, 0.25) is 0 Å². The van der Waals surface area contributed by atoms with Crippen LogP contribution in [-0.2, 0) is 11.2 Å². The van der Waals surface area contributed by atoms with Crippen molar-refractivity contribution in [3.8, 4) is 0 Å². The third-order valence-electron chi connectivity index (χ3n) is 4.75. The molecule has 2 aromatic rings. The number of ether oxygens (including phenoxy) is 1. The van der Waals surface area contributed by atoms with Crippen LogP contribution < -0.4 is 10.5 Å². The normalized spacial score (nSPS) is 15.3. The van der Waals surface area contributed by atoms with Gasteiger partial charge in [0.15, 0.2) is 11.5 Å². The third-order valence-corrected chi connectivity index (χ3v) is 4.75. The van der Waals surface area contributed by atoms with Crippen LogP contribution in [-0.4, -0.2) is 64.7 Å². The number of hydrogen-bond donors (Lipinski definition) is 1. The van der Waals surface area contributed by atoms with Crippen molar-refractivity contribution in [1.82, 2.24) is 14.9 Å². The minimum atomic E-state index is -0.716. The lowest BCUT2D eigenvalue weighted by Crippen LogP contribution is -2.47. The Morgan fingerprint density at radius 2 is 2.06 bits per heavy atom. The molecule has 3 rings (SSSR count). The van der Waals surface area contributed by atoms with Crippen LogP contribution in [0.4, 0.5) is 27.9 Å². The van der Waals surface area contributed by atoms with Crippen LogP contribution >= 0.6 is 0 Å². The largest absolute Gasteiger partial charge is 0.449 e. The maximum absolute atomic E-state index is 12.8. The summed E-state index contributed by atoms with van der Waals surface area (Å²) in [5.74, 6) is 0.155. The van der Waals surface area contributed by atoms with Gasteiger partial charge < -0.3 is 9.64 Å². The van der Waals surface area contributed by atoms with E-state index in [1.165, 1.54) is 23.4 Å². The van der Waals surface area contributed by atoms with E-state index < -0.39 is 22.6 Å². The monoisotopic (exact) mass is 441 g/mol. The predicted octanol–water partition coefficient (Wildman–Crippen LogP) is 2.58. The molecule has 2 heterocycles. The molecule has 0 fully saturated rings. The van der Waals surface area contributed by atoms with Gasteiger partial charge in [-0.25, -0.2) is 14.8 Å². The summed E-state index contributed by atoms with van der Waals surface area (Å²) in [7, 11) is 3.55. The van der Waals surface area contributed by atoms with Gasteiger partial charge in [0.1, 0.15) is 0 Å². The second kappa shape index (κ2) is 9.37. The number of aliphatic imine (C=N–C) groups is 2. The van der Waals surface area contributed by atoms with Crippen molar-refractivity contribution in [3.63, 3.8) is 0 Å². The smallest absolute Gasteiger partial charge is 0.415 e. The van der Waals surface area contributed by atoms with Crippen molar-refractivity contribution in [2.75, 3.05) is 25.6 Å². The number of anilines is 1. The average Bonchev–Trinajstić information content (AvgIpc) is 2.73. The van der Waals surface area contributed by atoms with E-state index in [0.29, 0.717) is 12.1 Å². The van der Waals surface area contributed by atoms with Crippen molar-refractivity contribution in [2.24, 2.45) is 9.98 Å². The Morgan fingerprint density at radius 1 is 1.38 bits per heavy atom. The zero-order valence-corrected chi connectivity index (χ0v) is 18.1. The number of rotatable bonds is 6. The Labute approximate surface area is 183 Å². The first-order valence-corrected chi connectivity index (χ1v) is 9.77. The minimum absolute atomic E-state index is 0.00719. The van der Waals surface area contributed by atoms with Crippen LogP contribution in [0.25, 0.3) is 0 Å². The van der Waals surface area contributed by atoms with E-state index in [9.17, 15) is 19.7 Å². The standard InChI is InChI=1S/C20H23N7O5/c1-12-13(2)26(16-17(22-12)23-19(24-18(16)28)21-11-25(3)4)20(29)32-10-9-14-5-7-15(8-6-14)27(30)31/h5-8,11,13H,9-10H2,1-4H3,(H,23,24,28)/b21-11+. The van der Waals surface area contributed by atoms with E-state index in [4.69, 9.17) is 4.74 Å². The Morgan fingerprint density at radius 3 is 2.69 bits per heavy atom. The highest BCUT2D eigenvalue weighted by Gasteiger charge is 2.34. The molecule has 1 atom stereocenters. The number of fused-ring (bicyclic) bond motifs is 1. The number of non-ortho nitro benzene ring substituents is 1. The Hall–Kier alpha value is -4.09. The Kier molecular flexibility index (Phi) is 6.61. The molecule has 1 amide bonds. The van der Waals surface area contributed by atoms with Gasteiger partial charge in [0, 0.05) is 38.4 Å². The topological polar surface area (TPSA) is 146 Å².